The van der Waals surface area contributed by atoms with Crippen molar-refractivity contribution in [2.75, 3.05) is 6.61 Å². The summed E-state index contributed by atoms with van der Waals surface area (Å²) in [5.41, 5.74) is 0.495. The van der Waals surface area contributed by atoms with Gasteiger partial charge in [0.15, 0.2) is 0 Å². The standard InChI is InChI=1S/C16H20O6/c1-8(2)15(21)22-5-4-10-6-9-7-16(10,3)12(14(19)20)11(9)13(17)18/h6,9,11-12H,1,4-5,7H2,2-3H3,(H,17,18)(H,19,20). The van der Waals surface area contributed by atoms with Crippen molar-refractivity contribution in [1.29, 1.82) is 0 Å². The normalized spacial score (nSPS) is 32.5. The van der Waals surface area contributed by atoms with E-state index in [4.69, 9.17) is 4.74 Å². The number of carbonyl (C=O) groups excluding carboxylic acids is 1. The van der Waals surface area contributed by atoms with Gasteiger partial charge in [0.1, 0.15) is 0 Å². The molecule has 0 aromatic rings. The van der Waals surface area contributed by atoms with E-state index in [1.807, 2.05) is 6.08 Å². The van der Waals surface area contributed by atoms with Crippen molar-refractivity contribution >= 4 is 17.9 Å². The molecule has 0 spiro atoms. The topological polar surface area (TPSA) is 101 Å². The number of fused-ring (bicyclic) bond motifs is 2. The Morgan fingerprint density at radius 3 is 2.50 bits per heavy atom. The lowest BCUT2D eigenvalue weighted by molar-refractivity contribution is -0.156. The third kappa shape index (κ3) is 2.53. The maximum atomic E-state index is 11.5. The summed E-state index contributed by atoms with van der Waals surface area (Å²) in [5, 5.41) is 18.7. The number of ether oxygens (including phenoxy) is 1. The average Bonchev–Trinajstić information content (AvgIpc) is 2.87. The van der Waals surface area contributed by atoms with Crippen LogP contribution in [0.1, 0.15) is 26.7 Å². The minimum atomic E-state index is -1.08. The number of hydrogen-bond acceptors (Lipinski definition) is 4. The number of rotatable bonds is 6. The van der Waals surface area contributed by atoms with Crippen LogP contribution in [-0.2, 0) is 19.1 Å². The van der Waals surface area contributed by atoms with Gasteiger partial charge in [-0.05, 0) is 19.3 Å². The SMILES string of the molecule is C=C(C)C(=O)OCCC1=CC2CC1(C)C(C(=O)O)C2C(=O)O. The number of allylic oxidation sites excluding steroid dienone is 1. The number of carboxylic acids is 2. The Morgan fingerprint density at radius 2 is 2.00 bits per heavy atom. The number of carbonyl (C=O) groups is 3. The third-order valence-electron chi connectivity index (χ3n) is 4.82. The van der Waals surface area contributed by atoms with Crippen LogP contribution in [0.4, 0.5) is 0 Å². The van der Waals surface area contributed by atoms with E-state index in [9.17, 15) is 24.6 Å². The monoisotopic (exact) mass is 308 g/mol. The van der Waals surface area contributed by atoms with Gasteiger partial charge in [0.2, 0.25) is 0 Å². The van der Waals surface area contributed by atoms with Gasteiger partial charge in [-0.15, -0.1) is 0 Å². The molecular formula is C16H20O6. The molecule has 0 amide bonds. The Kier molecular flexibility index (Phi) is 4.13. The number of esters is 1. The molecule has 0 aliphatic heterocycles. The van der Waals surface area contributed by atoms with Gasteiger partial charge in [0, 0.05) is 17.4 Å². The van der Waals surface area contributed by atoms with Crippen LogP contribution < -0.4 is 0 Å². The summed E-state index contributed by atoms with van der Waals surface area (Å²) in [6.07, 6.45) is 2.79. The Labute approximate surface area is 128 Å². The second kappa shape index (κ2) is 5.59. The molecule has 0 aromatic heterocycles. The maximum absolute atomic E-state index is 11.5. The van der Waals surface area contributed by atoms with E-state index in [1.165, 1.54) is 0 Å². The highest BCUT2D eigenvalue weighted by molar-refractivity contribution is 5.87. The summed E-state index contributed by atoms with van der Waals surface area (Å²) in [7, 11) is 0. The first-order valence-electron chi connectivity index (χ1n) is 7.18. The zero-order valence-electron chi connectivity index (χ0n) is 12.7. The molecule has 1 saturated carbocycles. The van der Waals surface area contributed by atoms with Crippen molar-refractivity contribution in [1.82, 2.24) is 0 Å². The van der Waals surface area contributed by atoms with Gasteiger partial charge in [-0.2, -0.15) is 0 Å². The summed E-state index contributed by atoms with van der Waals surface area (Å²) in [6.45, 7) is 6.98. The second-order valence-electron chi connectivity index (χ2n) is 6.32. The molecule has 1 fully saturated rings. The van der Waals surface area contributed by atoms with Crippen LogP contribution in [0.25, 0.3) is 0 Å². The molecule has 2 N–H and O–H groups in total. The summed E-state index contributed by atoms with van der Waals surface area (Å²) < 4.78 is 5.05. The fraction of sp³-hybridized carbons (Fsp3) is 0.562. The number of hydrogen-bond donors (Lipinski definition) is 2. The van der Waals surface area contributed by atoms with E-state index in [0.717, 1.165) is 5.57 Å². The van der Waals surface area contributed by atoms with Gasteiger partial charge < -0.3 is 14.9 Å². The van der Waals surface area contributed by atoms with Crippen LogP contribution in [0, 0.1) is 23.2 Å². The van der Waals surface area contributed by atoms with Gasteiger partial charge in [0.25, 0.3) is 0 Å². The van der Waals surface area contributed by atoms with E-state index in [2.05, 4.69) is 6.58 Å². The van der Waals surface area contributed by atoms with Gasteiger partial charge in [-0.3, -0.25) is 9.59 Å². The number of carboxylic acid groups (broad SMARTS) is 2. The quantitative estimate of drug-likeness (QED) is 0.441. The van der Waals surface area contributed by atoms with Crippen molar-refractivity contribution in [3.63, 3.8) is 0 Å². The lowest BCUT2D eigenvalue weighted by atomic mass is 9.69. The van der Waals surface area contributed by atoms with Crippen molar-refractivity contribution < 1.29 is 29.3 Å². The molecule has 22 heavy (non-hydrogen) atoms. The molecule has 2 aliphatic carbocycles. The van der Waals surface area contributed by atoms with E-state index in [-0.39, 0.29) is 12.5 Å². The predicted molar refractivity (Wildman–Crippen MR) is 76.9 cm³/mol. The van der Waals surface area contributed by atoms with Gasteiger partial charge in [0.05, 0.1) is 18.4 Å². The zero-order chi connectivity index (χ0) is 16.7. The molecular weight excluding hydrogens is 288 g/mol. The molecule has 0 saturated heterocycles. The fourth-order valence-corrected chi connectivity index (χ4v) is 3.83. The van der Waals surface area contributed by atoms with Gasteiger partial charge in [-0.1, -0.05) is 25.2 Å². The Morgan fingerprint density at radius 1 is 1.36 bits per heavy atom. The van der Waals surface area contributed by atoms with Crippen molar-refractivity contribution in [2.45, 2.75) is 26.7 Å². The Balaban J connectivity index is 2.12. The van der Waals surface area contributed by atoms with Crippen molar-refractivity contribution in [3.05, 3.63) is 23.8 Å². The van der Waals surface area contributed by atoms with Crippen molar-refractivity contribution in [2.24, 2.45) is 23.2 Å². The smallest absolute Gasteiger partial charge is 0.333 e. The highest BCUT2D eigenvalue weighted by atomic mass is 16.5. The van der Waals surface area contributed by atoms with Crippen LogP contribution >= 0.6 is 0 Å². The molecule has 2 bridgehead atoms. The summed E-state index contributed by atoms with van der Waals surface area (Å²) in [4.78, 5) is 34.3. The highest BCUT2D eigenvalue weighted by Crippen LogP contribution is 2.60. The molecule has 4 atom stereocenters. The largest absolute Gasteiger partial charge is 0.481 e. The Hall–Kier alpha value is -2.11. The third-order valence-corrected chi connectivity index (χ3v) is 4.82. The first kappa shape index (κ1) is 16.3. The second-order valence-corrected chi connectivity index (χ2v) is 6.32. The van der Waals surface area contributed by atoms with E-state index < -0.39 is 35.2 Å². The molecule has 4 unspecified atom stereocenters. The van der Waals surface area contributed by atoms with E-state index >= 15 is 0 Å². The summed E-state index contributed by atoms with van der Waals surface area (Å²) >= 11 is 0. The average molecular weight is 308 g/mol. The van der Waals surface area contributed by atoms with Crippen LogP contribution in [0.15, 0.2) is 23.8 Å². The van der Waals surface area contributed by atoms with Crippen LogP contribution in [0.3, 0.4) is 0 Å². The zero-order valence-corrected chi connectivity index (χ0v) is 12.7. The van der Waals surface area contributed by atoms with Crippen LogP contribution in [-0.4, -0.2) is 34.7 Å². The predicted octanol–water partition coefficient (Wildman–Crippen LogP) is 1.86. The molecule has 2 rings (SSSR count). The van der Waals surface area contributed by atoms with Gasteiger partial charge >= 0.3 is 17.9 Å². The molecule has 6 nitrogen and oxygen atoms in total. The summed E-state index contributed by atoms with van der Waals surface area (Å²) in [5.74, 6) is -4.72. The van der Waals surface area contributed by atoms with Crippen LogP contribution in [0.2, 0.25) is 0 Å². The van der Waals surface area contributed by atoms with E-state index in [1.54, 1.807) is 13.8 Å². The molecule has 0 heterocycles. The lowest BCUT2D eigenvalue weighted by Gasteiger charge is -2.33. The first-order valence-corrected chi connectivity index (χ1v) is 7.18. The fourth-order valence-electron chi connectivity index (χ4n) is 3.83. The first-order chi connectivity index (χ1) is 10.2. The van der Waals surface area contributed by atoms with Crippen molar-refractivity contribution in [3.8, 4) is 0 Å². The molecule has 120 valence electrons. The minimum Gasteiger partial charge on any atom is -0.481 e. The van der Waals surface area contributed by atoms with E-state index in [0.29, 0.717) is 18.4 Å². The van der Waals surface area contributed by atoms with Gasteiger partial charge in [-0.25, -0.2) is 4.79 Å². The van der Waals surface area contributed by atoms with Crippen LogP contribution in [0.5, 0.6) is 0 Å². The molecule has 6 heteroatoms. The highest BCUT2D eigenvalue weighted by Gasteiger charge is 2.61. The molecule has 0 radical (unpaired) electrons. The number of aliphatic carboxylic acids is 2. The molecule has 2 aliphatic rings. The maximum Gasteiger partial charge on any atom is 0.333 e. The summed E-state index contributed by atoms with van der Waals surface area (Å²) in [6, 6.07) is 0. The minimum absolute atomic E-state index is 0.143. The lowest BCUT2D eigenvalue weighted by Crippen LogP contribution is -2.39. The molecule has 0 aromatic carbocycles. The Bertz CT molecular complexity index is 575.